The largest absolute Gasteiger partial charge is 0.496 e. The van der Waals surface area contributed by atoms with Gasteiger partial charge in [-0.3, -0.25) is 4.90 Å². The van der Waals surface area contributed by atoms with Crippen molar-refractivity contribution in [2.24, 2.45) is 0 Å². The summed E-state index contributed by atoms with van der Waals surface area (Å²) in [6, 6.07) is 14.9. The predicted octanol–water partition coefficient (Wildman–Crippen LogP) is 8.12. The van der Waals surface area contributed by atoms with Crippen LogP contribution < -0.4 is 9.64 Å². The molecule has 6 rings (SSSR count). The molecule has 0 bridgehead atoms. The Morgan fingerprint density at radius 1 is 0.952 bits per heavy atom. The second-order valence-corrected chi connectivity index (χ2v) is 11.6. The van der Waals surface area contributed by atoms with Gasteiger partial charge in [-0.25, -0.2) is 9.78 Å². The summed E-state index contributed by atoms with van der Waals surface area (Å²) in [6.45, 7) is 3.81. The smallest absolute Gasteiger partial charge is 0.416 e. The predicted molar refractivity (Wildman–Crippen MR) is 155 cm³/mol. The third kappa shape index (κ3) is 5.53. The minimum atomic E-state index is -4.48. The second kappa shape index (κ2) is 11.5. The summed E-state index contributed by atoms with van der Waals surface area (Å²) in [6.07, 6.45) is 1.28. The molecule has 1 aromatic heterocycles. The molecule has 0 radical (unpaired) electrons. The fourth-order valence-corrected chi connectivity index (χ4v) is 6.42. The highest BCUT2D eigenvalue weighted by Gasteiger charge is 2.41. The molecular formula is C33H36F3N3O3. The minimum absolute atomic E-state index is 0.156. The van der Waals surface area contributed by atoms with Crippen LogP contribution in [0, 0.1) is 0 Å². The summed E-state index contributed by atoms with van der Waals surface area (Å²) in [4.78, 5) is 22.0. The van der Waals surface area contributed by atoms with Crippen molar-refractivity contribution in [3.63, 3.8) is 0 Å². The number of anilines is 1. The number of carbonyl (C=O) groups excluding carboxylic acids is 1. The van der Waals surface area contributed by atoms with E-state index >= 15 is 0 Å². The third-order valence-corrected chi connectivity index (χ3v) is 8.98. The molecule has 2 aromatic carbocycles. The van der Waals surface area contributed by atoms with Crippen molar-refractivity contribution in [2.45, 2.75) is 76.2 Å². The zero-order valence-electron chi connectivity index (χ0n) is 24.0. The number of halogens is 3. The summed E-state index contributed by atoms with van der Waals surface area (Å²) in [7, 11) is 1.65. The first-order valence-corrected chi connectivity index (χ1v) is 14.8. The molecule has 3 heterocycles. The lowest BCUT2D eigenvalue weighted by Crippen LogP contribution is -2.38. The Labute approximate surface area is 244 Å². The number of alkyl halides is 3. The molecule has 1 aliphatic carbocycles. The van der Waals surface area contributed by atoms with Crippen LogP contribution in [-0.4, -0.2) is 42.2 Å². The number of amides is 1. The summed E-state index contributed by atoms with van der Waals surface area (Å²) >= 11 is 0. The van der Waals surface area contributed by atoms with E-state index in [9.17, 15) is 18.0 Å². The van der Waals surface area contributed by atoms with E-state index in [1.54, 1.807) is 25.0 Å². The Kier molecular flexibility index (Phi) is 7.77. The maximum Gasteiger partial charge on any atom is 0.416 e. The zero-order chi connectivity index (χ0) is 29.4. The van der Waals surface area contributed by atoms with E-state index in [0.29, 0.717) is 17.2 Å². The molecule has 1 unspecified atom stereocenters. The highest BCUT2D eigenvalue weighted by atomic mass is 19.4. The van der Waals surface area contributed by atoms with Gasteiger partial charge in [-0.1, -0.05) is 37.5 Å². The van der Waals surface area contributed by atoms with Gasteiger partial charge < -0.3 is 14.4 Å². The number of aromatic nitrogens is 1. The van der Waals surface area contributed by atoms with Crippen molar-refractivity contribution < 1.29 is 27.4 Å². The number of ether oxygens (including phenoxy) is 2. The van der Waals surface area contributed by atoms with Gasteiger partial charge in [-0.2, -0.15) is 13.2 Å². The van der Waals surface area contributed by atoms with Crippen LogP contribution in [0.5, 0.6) is 5.75 Å². The molecule has 3 aromatic rings. The number of nitrogens with zero attached hydrogens (tertiary/aromatic N) is 3. The zero-order valence-corrected chi connectivity index (χ0v) is 24.0. The molecule has 3 aliphatic rings. The van der Waals surface area contributed by atoms with Gasteiger partial charge in [-0.05, 0) is 79.6 Å². The van der Waals surface area contributed by atoms with Gasteiger partial charge in [0.05, 0.1) is 31.0 Å². The molecule has 2 saturated heterocycles. The average molecular weight is 580 g/mol. The summed E-state index contributed by atoms with van der Waals surface area (Å²) in [5.41, 5.74) is 3.33. The Hall–Kier alpha value is -3.75. The molecule has 1 amide bonds. The minimum Gasteiger partial charge on any atom is -0.496 e. The van der Waals surface area contributed by atoms with Gasteiger partial charge in [0.1, 0.15) is 17.7 Å². The highest BCUT2D eigenvalue weighted by Crippen LogP contribution is 2.41. The molecule has 0 N–H and O–H groups in total. The number of pyridine rings is 1. The standard InChI is InChI=1S/C33H36F3N3O3/c1-21-31(24-10-6-11-25(18-24)33(34,35)36)42-32(40)39(21)20-28-26(13-15-30(37-28)38-16-7-17-38)27-19-23(12-14-29(27)41-2)22-8-4-3-5-9-22/h6,10-15,18-19,21-22,31H,3-5,7-9,16-17,20H2,1-2H3/t21?,31-/m0/s1. The van der Waals surface area contributed by atoms with Crippen LogP contribution in [0.25, 0.3) is 11.1 Å². The fourth-order valence-electron chi connectivity index (χ4n) is 6.42. The van der Waals surface area contributed by atoms with Gasteiger partial charge in [0.2, 0.25) is 0 Å². The van der Waals surface area contributed by atoms with E-state index in [1.807, 2.05) is 12.1 Å². The van der Waals surface area contributed by atoms with Crippen LogP contribution in [0.2, 0.25) is 0 Å². The van der Waals surface area contributed by atoms with E-state index in [4.69, 9.17) is 14.5 Å². The van der Waals surface area contributed by atoms with Crippen LogP contribution in [0.4, 0.5) is 23.8 Å². The van der Waals surface area contributed by atoms with Crippen molar-refractivity contribution >= 4 is 11.9 Å². The maximum atomic E-state index is 13.4. The highest BCUT2D eigenvalue weighted by molar-refractivity contribution is 5.76. The average Bonchev–Trinajstić information content (AvgIpc) is 3.25. The second-order valence-electron chi connectivity index (χ2n) is 11.6. The number of hydrogen-bond acceptors (Lipinski definition) is 5. The number of methoxy groups -OCH3 is 1. The molecule has 9 heteroatoms. The molecule has 6 nitrogen and oxygen atoms in total. The van der Waals surface area contributed by atoms with Gasteiger partial charge >= 0.3 is 12.3 Å². The third-order valence-electron chi connectivity index (χ3n) is 8.98. The van der Waals surface area contributed by atoms with E-state index in [-0.39, 0.29) is 6.54 Å². The lowest BCUT2D eigenvalue weighted by atomic mass is 9.83. The SMILES string of the molecule is COc1ccc(C2CCCCC2)cc1-c1ccc(N2CCC2)nc1CN1C(=O)O[C@H](c2cccc(C(F)(F)F)c2)C1C. The fraction of sp³-hybridized carbons (Fsp3) is 0.455. The van der Waals surface area contributed by atoms with E-state index in [0.717, 1.165) is 54.3 Å². The first-order valence-electron chi connectivity index (χ1n) is 14.8. The van der Waals surface area contributed by atoms with Gasteiger partial charge in [-0.15, -0.1) is 0 Å². The molecule has 0 spiro atoms. The van der Waals surface area contributed by atoms with Gasteiger partial charge in [0.25, 0.3) is 0 Å². The molecule has 42 heavy (non-hydrogen) atoms. The first kappa shape index (κ1) is 28.4. The molecule has 222 valence electrons. The van der Waals surface area contributed by atoms with Crippen molar-refractivity contribution in [2.75, 3.05) is 25.1 Å². The molecule has 3 fully saturated rings. The Bertz CT molecular complexity index is 1450. The lowest BCUT2D eigenvalue weighted by Gasteiger charge is -2.33. The number of hydrogen-bond donors (Lipinski definition) is 0. The van der Waals surface area contributed by atoms with Crippen LogP contribution >= 0.6 is 0 Å². The Morgan fingerprint density at radius 2 is 1.74 bits per heavy atom. The summed E-state index contributed by atoms with van der Waals surface area (Å²) in [5, 5.41) is 0. The number of benzene rings is 2. The molecule has 1 saturated carbocycles. The monoisotopic (exact) mass is 579 g/mol. The molecule has 2 aliphatic heterocycles. The molecule has 2 atom stereocenters. The van der Waals surface area contributed by atoms with Crippen molar-refractivity contribution in [3.05, 3.63) is 77.0 Å². The Balaban J connectivity index is 1.35. The van der Waals surface area contributed by atoms with E-state index in [1.165, 1.54) is 43.7 Å². The van der Waals surface area contributed by atoms with Gasteiger partial charge in [0.15, 0.2) is 0 Å². The molecular weight excluding hydrogens is 543 g/mol. The normalized spacial score (nSPS) is 21.3. The van der Waals surface area contributed by atoms with Crippen molar-refractivity contribution in [1.82, 2.24) is 9.88 Å². The van der Waals surface area contributed by atoms with Crippen LogP contribution in [0.15, 0.2) is 54.6 Å². The Morgan fingerprint density at radius 3 is 2.43 bits per heavy atom. The van der Waals surface area contributed by atoms with E-state index in [2.05, 4.69) is 23.1 Å². The summed E-state index contributed by atoms with van der Waals surface area (Å²) < 4.78 is 51.7. The van der Waals surface area contributed by atoms with Crippen LogP contribution in [0.1, 0.15) is 79.9 Å². The maximum absolute atomic E-state index is 13.4. The van der Waals surface area contributed by atoms with Crippen LogP contribution in [0.3, 0.4) is 0 Å². The first-order chi connectivity index (χ1) is 20.2. The quantitative estimate of drug-likeness (QED) is 0.283. The number of cyclic esters (lactones) is 1. The number of carbonyl (C=O) groups is 1. The summed E-state index contributed by atoms with van der Waals surface area (Å²) in [5.74, 6) is 2.08. The lowest BCUT2D eigenvalue weighted by molar-refractivity contribution is -0.137. The van der Waals surface area contributed by atoms with Gasteiger partial charge in [0, 0.05) is 24.2 Å². The number of rotatable bonds is 7. The topological polar surface area (TPSA) is 54.9 Å². The van der Waals surface area contributed by atoms with Crippen molar-refractivity contribution in [3.8, 4) is 16.9 Å². The van der Waals surface area contributed by atoms with Crippen molar-refractivity contribution in [1.29, 1.82) is 0 Å². The van der Waals surface area contributed by atoms with Crippen LogP contribution in [-0.2, 0) is 17.5 Å². The van der Waals surface area contributed by atoms with E-state index < -0.39 is 30.0 Å².